The van der Waals surface area contributed by atoms with Gasteiger partial charge in [0.05, 0.1) is 26.4 Å². The minimum atomic E-state index is -1.19. The van der Waals surface area contributed by atoms with Crippen LogP contribution in [0.15, 0.2) is 46.8 Å². The van der Waals surface area contributed by atoms with Crippen LogP contribution in [-0.2, 0) is 0 Å². The number of nitro benzene ring substituents is 1. The fourth-order valence-electron chi connectivity index (χ4n) is 2.87. The largest absolute Gasteiger partial charge is 0.510 e. The lowest BCUT2D eigenvalue weighted by Crippen LogP contribution is -2.18. The quantitative estimate of drug-likeness (QED) is 0.230. The van der Waals surface area contributed by atoms with Crippen molar-refractivity contribution in [3.63, 3.8) is 0 Å². The van der Waals surface area contributed by atoms with Crippen molar-refractivity contribution in [2.75, 3.05) is 6.54 Å². The summed E-state index contributed by atoms with van der Waals surface area (Å²) in [7, 11) is 0. The summed E-state index contributed by atoms with van der Waals surface area (Å²) in [5.74, 6) is -1.46. The van der Waals surface area contributed by atoms with Gasteiger partial charge in [-0.05, 0) is 30.7 Å². The first-order valence-corrected chi connectivity index (χ1v) is 10.6. The van der Waals surface area contributed by atoms with Gasteiger partial charge in [0.15, 0.2) is 0 Å². The highest BCUT2D eigenvalue weighted by molar-refractivity contribution is 7.14. The van der Waals surface area contributed by atoms with Crippen LogP contribution in [-0.4, -0.2) is 37.6 Å². The van der Waals surface area contributed by atoms with Crippen molar-refractivity contribution in [3.8, 4) is 16.2 Å². The minimum Gasteiger partial charge on any atom is -0.510 e. The van der Waals surface area contributed by atoms with Gasteiger partial charge in [0.25, 0.3) is 11.6 Å². The van der Waals surface area contributed by atoms with Gasteiger partial charge in [0, 0.05) is 27.9 Å². The zero-order valence-electron chi connectivity index (χ0n) is 16.4. The smallest absolute Gasteiger partial charge is 0.288 e. The van der Waals surface area contributed by atoms with Crippen LogP contribution in [0.1, 0.15) is 12.5 Å². The highest BCUT2D eigenvalue weighted by Crippen LogP contribution is 2.40. The van der Waals surface area contributed by atoms with Crippen molar-refractivity contribution >= 4 is 57.6 Å². The molecule has 1 heterocycles. The van der Waals surface area contributed by atoms with E-state index in [-0.39, 0.29) is 28.5 Å². The number of aromatic hydroxyl groups is 1. The lowest BCUT2D eigenvalue weighted by Gasteiger charge is -2.04. The molecule has 0 radical (unpaired) electrons. The summed E-state index contributed by atoms with van der Waals surface area (Å²) in [5.41, 5.74) is 1.01. The Morgan fingerprint density at radius 3 is 2.47 bits per heavy atom. The Kier molecular flexibility index (Phi) is 6.93. The highest BCUT2D eigenvalue weighted by Gasteiger charge is 2.16. The van der Waals surface area contributed by atoms with Gasteiger partial charge < -0.3 is 20.4 Å². The van der Waals surface area contributed by atoms with Crippen LogP contribution in [0.4, 0.5) is 5.69 Å². The summed E-state index contributed by atoms with van der Waals surface area (Å²) in [5, 5.41) is 52.6. The van der Waals surface area contributed by atoms with Gasteiger partial charge in [-0.3, -0.25) is 15.1 Å². The first-order chi connectivity index (χ1) is 15.1. The zero-order chi connectivity index (χ0) is 23.6. The second-order valence-corrected chi connectivity index (χ2v) is 8.31. The number of hydrogen-bond donors (Lipinski definition) is 4. The average molecular weight is 495 g/mol. The first-order valence-electron chi connectivity index (χ1n) is 8.96. The number of aliphatic hydroxyl groups is 3. The molecule has 0 atom stereocenters. The van der Waals surface area contributed by atoms with Crippen molar-refractivity contribution in [3.05, 3.63) is 77.9 Å². The molecule has 3 aromatic rings. The minimum absolute atomic E-state index is 0.00285. The van der Waals surface area contributed by atoms with Gasteiger partial charge in [-0.25, -0.2) is 0 Å². The van der Waals surface area contributed by atoms with Gasteiger partial charge in [-0.2, -0.15) is 0 Å². The Morgan fingerprint density at radius 1 is 1.12 bits per heavy atom. The van der Waals surface area contributed by atoms with Crippen molar-refractivity contribution in [2.45, 2.75) is 6.92 Å². The van der Waals surface area contributed by atoms with Gasteiger partial charge in [0.2, 0.25) is 0 Å². The zero-order valence-corrected chi connectivity index (χ0v) is 18.7. The third-order valence-electron chi connectivity index (χ3n) is 4.57. The van der Waals surface area contributed by atoms with Gasteiger partial charge in [-0.15, -0.1) is 11.3 Å². The Morgan fingerprint density at radius 2 is 1.84 bits per heavy atom. The molecule has 4 N–H and O–H groups in total. The van der Waals surface area contributed by atoms with Crippen molar-refractivity contribution < 1.29 is 25.3 Å². The Hall–Kier alpha value is -3.27. The maximum Gasteiger partial charge on any atom is 0.288 e. The van der Waals surface area contributed by atoms with E-state index in [1.54, 1.807) is 30.5 Å². The number of rotatable bonds is 5. The highest BCUT2D eigenvalue weighted by atomic mass is 35.5. The number of hydrogen-bond acceptors (Lipinski definition) is 8. The molecule has 1 aromatic heterocycles. The molecule has 2 aromatic carbocycles. The van der Waals surface area contributed by atoms with Crippen molar-refractivity contribution in [2.24, 2.45) is 4.99 Å². The number of nitro groups is 1. The van der Waals surface area contributed by atoms with E-state index < -0.39 is 16.6 Å². The second-order valence-electron chi connectivity index (χ2n) is 6.62. The number of halogens is 2. The van der Waals surface area contributed by atoms with E-state index in [0.29, 0.717) is 31.8 Å². The summed E-state index contributed by atoms with van der Waals surface area (Å²) < 4.78 is 0. The van der Waals surface area contributed by atoms with Crippen LogP contribution in [0.2, 0.25) is 10.0 Å². The van der Waals surface area contributed by atoms with Gasteiger partial charge in [-0.1, -0.05) is 35.3 Å². The molecule has 3 rings (SSSR count). The van der Waals surface area contributed by atoms with Crippen LogP contribution in [0, 0.1) is 10.1 Å². The molecule has 0 saturated carbocycles. The SMILES string of the molecule is CC(=NCC(O)=c1ccc(=C(O)O)c([N+](=O)[O-])c1)c1csc(-c2ccc(Cl)c(Cl)c2)c1O. The van der Waals surface area contributed by atoms with E-state index in [2.05, 4.69) is 4.99 Å². The van der Waals surface area contributed by atoms with E-state index in [4.69, 9.17) is 33.4 Å². The van der Waals surface area contributed by atoms with E-state index in [1.165, 1.54) is 17.4 Å². The Bertz CT molecular complexity index is 1360. The second kappa shape index (κ2) is 9.47. The molecule has 0 unspecified atom stereocenters. The van der Waals surface area contributed by atoms with Crippen molar-refractivity contribution in [1.29, 1.82) is 0 Å². The monoisotopic (exact) mass is 494 g/mol. The number of aliphatic hydroxyl groups excluding tert-OH is 2. The Balaban J connectivity index is 1.93. The number of non-ortho nitro benzene ring substituents is 1. The summed E-state index contributed by atoms with van der Waals surface area (Å²) in [6.07, 6.45) is 0. The molecule has 0 aliphatic heterocycles. The standard InChI is InChI=1S/C21H16Cl2N2O6S/c1-10(14-9-32-20(19(14)27)12-3-5-15(22)16(23)6-12)24-8-18(26)11-2-4-13(21(28)29)17(7-11)25(30)31/h2-7,9,26-29H,8H2,1H3. The topological polar surface area (TPSA) is 136 Å². The van der Waals surface area contributed by atoms with Crippen molar-refractivity contribution in [1.82, 2.24) is 0 Å². The van der Waals surface area contributed by atoms with Crippen LogP contribution >= 0.6 is 34.5 Å². The maximum absolute atomic E-state index is 11.2. The third kappa shape index (κ3) is 4.80. The van der Waals surface area contributed by atoms with Crippen LogP contribution in [0.5, 0.6) is 5.75 Å². The molecule has 0 bridgehead atoms. The molecule has 11 heteroatoms. The normalized spacial score (nSPS) is 12.5. The Labute approximate surface area is 195 Å². The van der Waals surface area contributed by atoms with E-state index in [1.807, 2.05) is 0 Å². The van der Waals surface area contributed by atoms with E-state index in [9.17, 15) is 20.3 Å². The summed E-state index contributed by atoms with van der Waals surface area (Å²) in [6, 6.07) is 8.44. The molecular formula is C21H16Cl2N2O6S. The summed E-state index contributed by atoms with van der Waals surface area (Å²) in [4.78, 5) is 15.2. The van der Waals surface area contributed by atoms with Gasteiger partial charge in [0.1, 0.15) is 16.7 Å². The molecule has 0 saturated heterocycles. The third-order valence-corrected chi connectivity index (χ3v) is 6.33. The molecule has 0 fully saturated rings. The molecular weight excluding hydrogens is 479 g/mol. The molecule has 32 heavy (non-hydrogen) atoms. The predicted octanol–water partition coefficient (Wildman–Crippen LogP) is 4.69. The number of nitrogens with zero attached hydrogens (tertiary/aromatic N) is 2. The summed E-state index contributed by atoms with van der Waals surface area (Å²) >= 11 is 13.3. The van der Waals surface area contributed by atoms with Crippen LogP contribution in [0.3, 0.4) is 0 Å². The maximum atomic E-state index is 11.2. The van der Waals surface area contributed by atoms with E-state index >= 15 is 0 Å². The fraction of sp³-hybridized carbons (Fsp3) is 0.0952. The van der Waals surface area contributed by atoms with Crippen LogP contribution in [0.25, 0.3) is 22.1 Å². The van der Waals surface area contributed by atoms with Crippen LogP contribution < -0.4 is 10.4 Å². The lowest BCUT2D eigenvalue weighted by molar-refractivity contribution is -0.386. The molecule has 0 amide bonds. The summed E-state index contributed by atoms with van der Waals surface area (Å²) in [6.45, 7) is 1.44. The molecule has 0 aliphatic rings. The number of aliphatic imine (C=N–C) groups is 1. The molecule has 0 spiro atoms. The molecule has 8 nitrogen and oxygen atoms in total. The fourth-order valence-corrected chi connectivity index (χ4v) is 4.17. The van der Waals surface area contributed by atoms with E-state index in [0.717, 1.165) is 12.1 Å². The predicted molar refractivity (Wildman–Crippen MR) is 126 cm³/mol. The molecule has 166 valence electrons. The molecule has 0 aliphatic carbocycles. The number of thiophene rings is 1. The lowest BCUT2D eigenvalue weighted by atomic mass is 10.1. The van der Waals surface area contributed by atoms with Gasteiger partial charge >= 0.3 is 0 Å². The first kappa shape index (κ1) is 23.4. The average Bonchev–Trinajstić information content (AvgIpc) is 3.14. The number of benzene rings is 2.